The van der Waals surface area contributed by atoms with Gasteiger partial charge in [0.05, 0.1) is 0 Å². The van der Waals surface area contributed by atoms with E-state index in [9.17, 15) is 14.7 Å². The van der Waals surface area contributed by atoms with Crippen molar-refractivity contribution in [3.05, 3.63) is 0 Å². The highest BCUT2D eigenvalue weighted by molar-refractivity contribution is 5.82. The van der Waals surface area contributed by atoms with Crippen molar-refractivity contribution < 1.29 is 14.7 Å². The lowest BCUT2D eigenvalue weighted by Gasteiger charge is -2.28. The molecule has 0 heterocycles. The molecule has 0 radical (unpaired) electrons. The average molecular weight is 258 g/mol. The molecule has 0 fully saturated rings. The molecule has 1 atom stereocenters. The molecule has 0 aromatic rings. The van der Waals surface area contributed by atoms with Crippen LogP contribution in [0.5, 0.6) is 0 Å². The minimum Gasteiger partial charge on any atom is -0.383 e. The fourth-order valence-electron chi connectivity index (χ4n) is 1.30. The Bertz CT molecular complexity index is 277. The van der Waals surface area contributed by atoms with Crippen LogP contribution in [0.25, 0.3) is 0 Å². The molecule has 106 valence electrons. The zero-order valence-electron chi connectivity index (χ0n) is 11.9. The molecule has 0 aromatic heterocycles. The van der Waals surface area contributed by atoms with Crippen molar-refractivity contribution in [2.45, 2.75) is 53.1 Å². The van der Waals surface area contributed by atoms with Crippen LogP contribution in [-0.4, -0.2) is 36.1 Å². The number of carbonyl (C=O) groups excluding carboxylic acids is 2. The Morgan fingerprint density at radius 3 is 2.28 bits per heavy atom. The Morgan fingerprint density at radius 2 is 1.78 bits per heavy atom. The Kier molecular flexibility index (Phi) is 7.59. The number of aliphatic hydroxyl groups is 1. The summed E-state index contributed by atoms with van der Waals surface area (Å²) in [6.07, 6.45) is 0.798. The van der Waals surface area contributed by atoms with Crippen molar-refractivity contribution in [2.75, 3.05) is 13.1 Å². The lowest BCUT2D eigenvalue weighted by molar-refractivity contribution is -0.135. The number of hydrogen-bond donors (Lipinski definition) is 3. The van der Waals surface area contributed by atoms with Gasteiger partial charge in [0.1, 0.15) is 6.10 Å². The Hall–Kier alpha value is -1.10. The zero-order valence-corrected chi connectivity index (χ0v) is 11.9. The minimum absolute atomic E-state index is 0.0820. The predicted molar refractivity (Wildman–Crippen MR) is 71.0 cm³/mol. The summed E-state index contributed by atoms with van der Waals surface area (Å²) in [5.41, 5.74) is -0.450. The number of aliphatic hydroxyl groups excluding tert-OH is 1. The molecule has 0 bridgehead atoms. The highest BCUT2D eigenvalue weighted by Crippen LogP contribution is 2.24. The van der Waals surface area contributed by atoms with Crippen LogP contribution < -0.4 is 10.6 Å². The summed E-state index contributed by atoms with van der Waals surface area (Å²) in [7, 11) is 0. The van der Waals surface area contributed by atoms with Gasteiger partial charge in [-0.1, -0.05) is 27.7 Å². The molecule has 0 saturated heterocycles. The van der Waals surface area contributed by atoms with Crippen LogP contribution >= 0.6 is 0 Å². The maximum atomic E-state index is 11.7. The maximum absolute atomic E-state index is 11.7. The molecule has 0 spiro atoms. The number of amides is 2. The molecule has 0 aliphatic carbocycles. The fourth-order valence-corrected chi connectivity index (χ4v) is 1.30. The summed E-state index contributed by atoms with van der Waals surface area (Å²) in [4.78, 5) is 22.9. The van der Waals surface area contributed by atoms with Crippen LogP contribution in [0.15, 0.2) is 0 Å². The highest BCUT2D eigenvalue weighted by atomic mass is 16.3. The van der Waals surface area contributed by atoms with Crippen molar-refractivity contribution in [1.29, 1.82) is 0 Å². The molecule has 5 nitrogen and oxygen atoms in total. The average Bonchev–Trinajstić information content (AvgIpc) is 2.35. The van der Waals surface area contributed by atoms with E-state index >= 15 is 0 Å². The molecular weight excluding hydrogens is 232 g/mol. The van der Waals surface area contributed by atoms with Crippen molar-refractivity contribution in [2.24, 2.45) is 5.41 Å². The third-order valence-electron chi connectivity index (χ3n) is 3.12. The van der Waals surface area contributed by atoms with Crippen LogP contribution in [0.3, 0.4) is 0 Å². The number of rotatable bonds is 8. The van der Waals surface area contributed by atoms with E-state index in [1.165, 1.54) is 0 Å². The van der Waals surface area contributed by atoms with Gasteiger partial charge in [-0.05, 0) is 18.3 Å². The monoisotopic (exact) mass is 258 g/mol. The lowest BCUT2D eigenvalue weighted by atomic mass is 9.83. The second-order valence-electron chi connectivity index (χ2n) is 5.14. The second-order valence-corrected chi connectivity index (χ2v) is 5.14. The first kappa shape index (κ1) is 16.9. The van der Waals surface area contributed by atoms with Crippen LogP contribution in [0, 0.1) is 5.41 Å². The van der Waals surface area contributed by atoms with Gasteiger partial charge in [0.25, 0.3) is 0 Å². The molecule has 0 rings (SSSR count). The van der Waals surface area contributed by atoms with Crippen LogP contribution in [-0.2, 0) is 9.59 Å². The summed E-state index contributed by atoms with van der Waals surface area (Å²) in [6.45, 7) is 8.49. The molecule has 3 N–H and O–H groups in total. The van der Waals surface area contributed by atoms with E-state index in [4.69, 9.17) is 0 Å². The molecule has 0 aliphatic heterocycles. The van der Waals surface area contributed by atoms with E-state index in [0.29, 0.717) is 13.0 Å². The van der Waals surface area contributed by atoms with Gasteiger partial charge in [-0.3, -0.25) is 9.59 Å². The SMILES string of the molecule is CCCNC(=O)CCNC(=O)[C@H](O)C(C)(C)CC. The first-order valence-electron chi connectivity index (χ1n) is 6.57. The van der Waals surface area contributed by atoms with Gasteiger partial charge in [0.2, 0.25) is 11.8 Å². The number of carbonyl (C=O) groups is 2. The summed E-state index contributed by atoms with van der Waals surface area (Å²) in [5, 5.41) is 15.1. The van der Waals surface area contributed by atoms with Crippen LogP contribution in [0.2, 0.25) is 0 Å². The molecule has 0 unspecified atom stereocenters. The van der Waals surface area contributed by atoms with Crippen LogP contribution in [0.1, 0.15) is 47.0 Å². The number of hydrogen-bond acceptors (Lipinski definition) is 3. The van der Waals surface area contributed by atoms with Gasteiger partial charge in [-0.25, -0.2) is 0 Å². The standard InChI is InChI=1S/C13H26N2O3/c1-5-8-14-10(16)7-9-15-12(18)11(17)13(3,4)6-2/h11,17H,5-9H2,1-4H3,(H,14,16)(H,15,18)/t11-/m0/s1. The normalized spacial score (nSPS) is 12.9. The lowest BCUT2D eigenvalue weighted by Crippen LogP contribution is -2.44. The highest BCUT2D eigenvalue weighted by Gasteiger charge is 2.31. The fraction of sp³-hybridized carbons (Fsp3) is 0.846. The van der Waals surface area contributed by atoms with Gasteiger partial charge in [0.15, 0.2) is 0 Å². The molecule has 0 aliphatic rings. The predicted octanol–water partition coefficient (Wildman–Crippen LogP) is 0.816. The summed E-state index contributed by atoms with van der Waals surface area (Å²) in [5.74, 6) is -0.494. The Balaban J connectivity index is 3.94. The first-order valence-corrected chi connectivity index (χ1v) is 6.57. The van der Waals surface area contributed by atoms with Crippen LogP contribution in [0.4, 0.5) is 0 Å². The van der Waals surface area contributed by atoms with E-state index in [2.05, 4.69) is 10.6 Å². The largest absolute Gasteiger partial charge is 0.383 e. The third kappa shape index (κ3) is 6.00. The Labute approximate surface area is 109 Å². The molecule has 18 heavy (non-hydrogen) atoms. The summed E-state index contributed by atoms with van der Waals surface area (Å²) < 4.78 is 0. The van der Waals surface area contributed by atoms with Crippen molar-refractivity contribution in [3.63, 3.8) is 0 Å². The van der Waals surface area contributed by atoms with Gasteiger partial charge >= 0.3 is 0 Å². The maximum Gasteiger partial charge on any atom is 0.249 e. The van der Waals surface area contributed by atoms with Crippen molar-refractivity contribution in [1.82, 2.24) is 10.6 Å². The van der Waals surface area contributed by atoms with Gasteiger partial charge in [-0.2, -0.15) is 0 Å². The quantitative estimate of drug-likeness (QED) is 0.603. The zero-order chi connectivity index (χ0) is 14.2. The molecule has 0 saturated carbocycles. The van der Waals surface area contributed by atoms with E-state index in [1.54, 1.807) is 0 Å². The van der Waals surface area contributed by atoms with E-state index in [1.807, 2.05) is 27.7 Å². The number of nitrogens with one attached hydrogen (secondary N) is 2. The summed E-state index contributed by atoms with van der Waals surface area (Å²) >= 11 is 0. The van der Waals surface area contributed by atoms with E-state index < -0.39 is 17.4 Å². The molecule has 2 amide bonds. The van der Waals surface area contributed by atoms with Crippen molar-refractivity contribution in [3.8, 4) is 0 Å². The smallest absolute Gasteiger partial charge is 0.249 e. The van der Waals surface area contributed by atoms with Gasteiger partial charge < -0.3 is 15.7 Å². The molecular formula is C13H26N2O3. The third-order valence-corrected chi connectivity index (χ3v) is 3.12. The van der Waals surface area contributed by atoms with E-state index in [-0.39, 0.29) is 18.9 Å². The summed E-state index contributed by atoms with van der Waals surface area (Å²) in [6, 6.07) is 0. The van der Waals surface area contributed by atoms with E-state index in [0.717, 1.165) is 6.42 Å². The Morgan fingerprint density at radius 1 is 1.17 bits per heavy atom. The van der Waals surface area contributed by atoms with Gasteiger partial charge in [0, 0.05) is 19.5 Å². The molecule has 0 aromatic carbocycles. The second kappa shape index (κ2) is 8.08. The van der Waals surface area contributed by atoms with Gasteiger partial charge in [-0.15, -0.1) is 0 Å². The molecule has 5 heteroatoms. The minimum atomic E-state index is -1.04. The topological polar surface area (TPSA) is 78.4 Å². The first-order chi connectivity index (χ1) is 8.35. The van der Waals surface area contributed by atoms with Crippen molar-refractivity contribution >= 4 is 11.8 Å².